The van der Waals surface area contributed by atoms with E-state index in [1.165, 1.54) is 7.11 Å². The van der Waals surface area contributed by atoms with Gasteiger partial charge < -0.3 is 28.4 Å². The number of fused-ring (bicyclic) bond motifs is 1. The molecule has 0 aromatic heterocycles. The molecular weight excluding hydrogens is 522 g/mol. The van der Waals surface area contributed by atoms with Gasteiger partial charge in [-0.3, -0.25) is 19.3 Å². The molecule has 0 N–H and O–H groups in total. The summed E-state index contributed by atoms with van der Waals surface area (Å²) >= 11 is 0. The molecule has 1 aromatic carbocycles. The molecule has 0 unspecified atom stereocenters. The molecule has 0 bridgehead atoms. The Balaban J connectivity index is 1.68. The number of carbonyl (C=O) groups excluding carboxylic acids is 4. The van der Waals surface area contributed by atoms with E-state index >= 15 is 0 Å². The number of esters is 4. The van der Waals surface area contributed by atoms with Crippen molar-refractivity contribution in [1.82, 2.24) is 4.90 Å². The van der Waals surface area contributed by atoms with Gasteiger partial charge in [0.15, 0.2) is 5.75 Å². The second-order valence-corrected chi connectivity index (χ2v) is 9.60. The lowest BCUT2D eigenvalue weighted by atomic mass is 9.94. The van der Waals surface area contributed by atoms with E-state index in [9.17, 15) is 19.2 Å². The smallest absolute Gasteiger partial charge is 0.342 e. The first kappa shape index (κ1) is 31.1. The van der Waals surface area contributed by atoms with Crippen LogP contribution in [-0.4, -0.2) is 81.9 Å². The van der Waals surface area contributed by atoms with Crippen molar-refractivity contribution in [2.75, 3.05) is 53.2 Å². The zero-order valence-corrected chi connectivity index (χ0v) is 23.8. The molecule has 220 valence electrons. The van der Waals surface area contributed by atoms with Crippen molar-refractivity contribution in [3.63, 3.8) is 0 Å². The van der Waals surface area contributed by atoms with Gasteiger partial charge in [-0.15, -0.1) is 0 Å². The third-order valence-corrected chi connectivity index (χ3v) is 6.83. The predicted molar refractivity (Wildman–Crippen MR) is 143 cm³/mol. The van der Waals surface area contributed by atoms with E-state index in [1.54, 1.807) is 6.92 Å². The fourth-order valence-electron chi connectivity index (χ4n) is 4.59. The van der Waals surface area contributed by atoms with Gasteiger partial charge in [-0.2, -0.15) is 0 Å². The fourth-order valence-corrected chi connectivity index (χ4v) is 4.59. The molecule has 11 heteroatoms. The van der Waals surface area contributed by atoms with Gasteiger partial charge in [-0.05, 0) is 39.2 Å². The molecule has 0 aliphatic carbocycles. The number of hydrogen-bond donors (Lipinski definition) is 0. The van der Waals surface area contributed by atoms with Crippen molar-refractivity contribution in [2.45, 2.75) is 59.5 Å². The number of rotatable bonds is 14. The highest BCUT2D eigenvalue weighted by molar-refractivity contribution is 5.99. The Morgan fingerprint density at radius 2 is 1.65 bits per heavy atom. The van der Waals surface area contributed by atoms with E-state index in [-0.39, 0.29) is 56.2 Å². The lowest BCUT2D eigenvalue weighted by Crippen LogP contribution is -2.38. The maximum Gasteiger partial charge on any atom is 0.342 e. The van der Waals surface area contributed by atoms with Crippen molar-refractivity contribution in [1.29, 1.82) is 0 Å². The van der Waals surface area contributed by atoms with Crippen LogP contribution in [0.25, 0.3) is 0 Å². The summed E-state index contributed by atoms with van der Waals surface area (Å²) in [4.78, 5) is 51.4. The molecule has 0 spiro atoms. The van der Waals surface area contributed by atoms with Crippen LogP contribution in [0.2, 0.25) is 0 Å². The highest BCUT2D eigenvalue weighted by Crippen LogP contribution is 2.43. The first-order chi connectivity index (χ1) is 19.2. The summed E-state index contributed by atoms with van der Waals surface area (Å²) < 4.78 is 32.1. The number of hydrogen-bond acceptors (Lipinski definition) is 11. The van der Waals surface area contributed by atoms with Gasteiger partial charge in [0.2, 0.25) is 0 Å². The summed E-state index contributed by atoms with van der Waals surface area (Å²) in [5.74, 6) is -1.49. The minimum atomic E-state index is -0.678. The van der Waals surface area contributed by atoms with E-state index in [2.05, 4.69) is 4.90 Å². The van der Waals surface area contributed by atoms with Gasteiger partial charge in [0, 0.05) is 37.2 Å². The number of methoxy groups -OCH3 is 1. The average molecular weight is 562 g/mol. The predicted octanol–water partition coefficient (Wildman–Crippen LogP) is 3.07. The third-order valence-electron chi connectivity index (χ3n) is 6.83. The molecule has 2 aliphatic rings. The van der Waals surface area contributed by atoms with Crippen molar-refractivity contribution >= 4 is 23.9 Å². The molecule has 0 radical (unpaired) electrons. The highest BCUT2D eigenvalue weighted by atomic mass is 16.6. The Bertz CT molecular complexity index is 1120. The zero-order chi connectivity index (χ0) is 29.1. The maximum absolute atomic E-state index is 12.7. The third kappa shape index (κ3) is 8.53. The monoisotopic (exact) mass is 561 g/mol. The van der Waals surface area contributed by atoms with Crippen LogP contribution in [-0.2, 0) is 46.4 Å². The first-order valence-corrected chi connectivity index (χ1v) is 13.6. The van der Waals surface area contributed by atoms with Crippen LogP contribution in [0, 0.1) is 6.92 Å². The second-order valence-electron chi connectivity index (χ2n) is 9.60. The summed E-state index contributed by atoms with van der Waals surface area (Å²) in [7, 11) is 1.51. The van der Waals surface area contributed by atoms with E-state index in [4.69, 9.17) is 28.4 Å². The number of cyclic esters (lactones) is 1. The molecule has 11 nitrogen and oxygen atoms in total. The Kier molecular flexibility index (Phi) is 12.0. The zero-order valence-electron chi connectivity index (χ0n) is 23.8. The largest absolute Gasteiger partial charge is 0.496 e. The van der Waals surface area contributed by atoms with Crippen LogP contribution in [0.3, 0.4) is 0 Å². The maximum atomic E-state index is 12.7. The molecule has 40 heavy (non-hydrogen) atoms. The van der Waals surface area contributed by atoms with Gasteiger partial charge >= 0.3 is 23.9 Å². The van der Waals surface area contributed by atoms with Crippen molar-refractivity contribution < 1.29 is 47.6 Å². The van der Waals surface area contributed by atoms with Crippen LogP contribution >= 0.6 is 0 Å². The SMILES string of the molecule is CCOC(=O)CCC(=O)Oc1c(C/C=C(\C)CCC(=O)OCCN2CCOCC2)c(OC)c(C)c2c1C(=O)OC2. The molecule has 1 fully saturated rings. The summed E-state index contributed by atoms with van der Waals surface area (Å²) in [6, 6.07) is 0. The Hall–Kier alpha value is -3.44. The number of ether oxygens (including phenoxy) is 6. The van der Waals surface area contributed by atoms with E-state index < -0.39 is 17.9 Å². The number of carbonyl (C=O) groups is 4. The summed E-state index contributed by atoms with van der Waals surface area (Å²) in [6.45, 7) is 9.75. The molecule has 0 amide bonds. The molecule has 1 aromatic rings. The number of allylic oxidation sites excluding steroid dienone is 2. The van der Waals surface area contributed by atoms with Gasteiger partial charge in [-0.25, -0.2) is 4.79 Å². The van der Waals surface area contributed by atoms with Gasteiger partial charge in [-0.1, -0.05) is 11.6 Å². The molecule has 1 saturated heterocycles. The van der Waals surface area contributed by atoms with Crippen molar-refractivity contribution in [2.24, 2.45) is 0 Å². The molecule has 0 atom stereocenters. The standard InChI is InChI=1S/C29H39NO10/c1-5-37-23(31)10-11-25(33)40-28-21(27(35-4)20(3)22-18-39-29(34)26(22)28)8-6-19(2)7-9-24(32)38-17-14-30-12-15-36-16-13-30/h6H,5,7-18H2,1-4H3/b19-6+. The first-order valence-electron chi connectivity index (χ1n) is 13.6. The topological polar surface area (TPSA) is 127 Å². The van der Waals surface area contributed by atoms with E-state index in [0.717, 1.165) is 24.2 Å². The van der Waals surface area contributed by atoms with Crippen LogP contribution < -0.4 is 9.47 Å². The van der Waals surface area contributed by atoms with E-state index in [1.807, 2.05) is 19.9 Å². The van der Waals surface area contributed by atoms with Gasteiger partial charge in [0.25, 0.3) is 0 Å². The minimum absolute atomic E-state index is 0.0481. The summed E-state index contributed by atoms with van der Waals surface area (Å²) in [5.41, 5.74) is 2.94. The van der Waals surface area contributed by atoms with Crippen molar-refractivity contribution in [3.05, 3.63) is 33.9 Å². The van der Waals surface area contributed by atoms with Crippen LogP contribution in [0.1, 0.15) is 66.6 Å². The second kappa shape index (κ2) is 15.4. The molecular formula is C29H39NO10. The molecule has 2 aliphatic heterocycles. The Morgan fingerprint density at radius 3 is 2.35 bits per heavy atom. The summed E-state index contributed by atoms with van der Waals surface area (Å²) in [5, 5.41) is 0. The lowest BCUT2D eigenvalue weighted by molar-refractivity contribution is -0.146. The van der Waals surface area contributed by atoms with E-state index in [0.29, 0.717) is 49.7 Å². The normalized spacial score (nSPS) is 15.3. The average Bonchev–Trinajstić information content (AvgIpc) is 3.33. The van der Waals surface area contributed by atoms with Crippen LogP contribution in [0.15, 0.2) is 11.6 Å². The number of nitrogens with zero attached hydrogens (tertiary/aromatic N) is 1. The van der Waals surface area contributed by atoms with Crippen LogP contribution in [0.5, 0.6) is 11.5 Å². The molecule has 3 rings (SSSR count). The van der Waals surface area contributed by atoms with Gasteiger partial charge in [0.1, 0.15) is 24.5 Å². The van der Waals surface area contributed by atoms with Gasteiger partial charge in [0.05, 0.1) is 39.8 Å². The lowest BCUT2D eigenvalue weighted by Gasteiger charge is -2.26. The van der Waals surface area contributed by atoms with Crippen LogP contribution in [0.4, 0.5) is 0 Å². The van der Waals surface area contributed by atoms with Crippen molar-refractivity contribution in [3.8, 4) is 11.5 Å². The minimum Gasteiger partial charge on any atom is -0.496 e. The fraction of sp³-hybridized carbons (Fsp3) is 0.586. The highest BCUT2D eigenvalue weighted by Gasteiger charge is 2.34. The summed E-state index contributed by atoms with van der Waals surface area (Å²) in [6.07, 6.45) is 2.55. The Labute approximate surface area is 234 Å². The number of benzene rings is 1. The quantitative estimate of drug-likeness (QED) is 0.144. The number of morpholine rings is 1. The molecule has 0 saturated carbocycles. The molecule has 2 heterocycles. The Morgan fingerprint density at radius 1 is 0.975 bits per heavy atom.